The molecule has 0 bridgehead atoms. The maximum Gasteiger partial charge on any atom is 0.327 e. The minimum atomic E-state index is -1.66. The number of carboxylic acid groups (broad SMARTS) is 1. The number of rotatable bonds is 7. The van der Waals surface area contributed by atoms with Crippen LogP contribution in [0.25, 0.3) is 0 Å². The van der Waals surface area contributed by atoms with E-state index in [0.29, 0.717) is 12.1 Å². The fourth-order valence-corrected chi connectivity index (χ4v) is 7.22. The number of nitrogens with one attached hydrogen (secondary N) is 1. The topological polar surface area (TPSA) is 130 Å². The summed E-state index contributed by atoms with van der Waals surface area (Å²) in [5.41, 5.74) is 1.19. The maximum absolute atomic E-state index is 13.2. The molecular weight excluding hydrogens is 454 g/mol. The number of nitro benzene ring substituents is 1. The molecule has 11 heteroatoms. The monoisotopic (exact) mass is 475 g/mol. The van der Waals surface area contributed by atoms with E-state index in [1.54, 1.807) is 19.9 Å². The van der Waals surface area contributed by atoms with Crippen LogP contribution in [-0.2, 0) is 26.9 Å². The van der Waals surface area contributed by atoms with Gasteiger partial charge in [-0.05, 0) is 36.9 Å². The van der Waals surface area contributed by atoms with E-state index in [-0.39, 0.29) is 10.6 Å². The van der Waals surface area contributed by atoms with Gasteiger partial charge in [0.2, 0.25) is 5.91 Å². The molecule has 0 saturated carbocycles. The molecule has 2 aliphatic heterocycles. The molecule has 2 heterocycles. The molecule has 1 amide bonds. The molecule has 32 heavy (non-hydrogen) atoms. The molecule has 0 radical (unpaired) electrons. The third kappa shape index (κ3) is 3.50. The van der Waals surface area contributed by atoms with Crippen molar-refractivity contribution in [2.45, 2.75) is 47.4 Å². The highest BCUT2D eigenvalue weighted by Crippen LogP contribution is 2.52. The Morgan fingerprint density at radius 3 is 2.56 bits per heavy atom. The van der Waals surface area contributed by atoms with Crippen LogP contribution in [0, 0.1) is 10.1 Å². The lowest BCUT2D eigenvalue weighted by Crippen LogP contribution is -2.61. The molecular formula is C21H21N3O6S2. The Kier molecular flexibility index (Phi) is 5.82. The molecule has 4 atom stereocenters. The third-order valence-corrected chi connectivity index (χ3v) is 8.97. The lowest BCUT2D eigenvalue weighted by Gasteiger charge is -2.43. The van der Waals surface area contributed by atoms with E-state index in [0.717, 1.165) is 22.4 Å². The van der Waals surface area contributed by atoms with Gasteiger partial charge < -0.3 is 10.0 Å². The predicted molar refractivity (Wildman–Crippen MR) is 119 cm³/mol. The maximum atomic E-state index is 13.2. The average molecular weight is 476 g/mol. The molecule has 2 aliphatic rings. The zero-order valence-electron chi connectivity index (χ0n) is 17.3. The fourth-order valence-electron chi connectivity index (χ4n) is 4.28. The normalized spacial score (nSPS) is 25.8. The first-order chi connectivity index (χ1) is 15.2. The Balaban J connectivity index is 1.67. The molecule has 2 N–H and O–H groups in total. The highest BCUT2D eigenvalue weighted by molar-refractivity contribution is 7.97. The van der Waals surface area contributed by atoms with Crippen LogP contribution in [-0.4, -0.2) is 47.2 Å². The number of hydrogen-bond donors (Lipinski definition) is 2. The van der Waals surface area contributed by atoms with Crippen molar-refractivity contribution in [2.24, 2.45) is 0 Å². The van der Waals surface area contributed by atoms with E-state index in [2.05, 4.69) is 4.72 Å². The standard InChI is InChI=1S/C21H21N3O6S2/c1-21(2)17(20(26)27)23-18(25)15(19(23)32(21)30)13-9-6-10-14(24(28)29)16(13)31-22-11-12-7-4-3-5-8-12/h3-10,15,17,19,22H,11H2,1-2H3,(H,26,27)/t15?,17?,19-,32?/m0/s1. The third-order valence-electron chi connectivity index (χ3n) is 5.84. The number of benzene rings is 2. The van der Waals surface area contributed by atoms with E-state index in [4.69, 9.17) is 0 Å². The van der Waals surface area contributed by atoms with Gasteiger partial charge in [0.15, 0.2) is 0 Å². The van der Waals surface area contributed by atoms with Gasteiger partial charge in [-0.25, -0.2) is 4.79 Å². The average Bonchev–Trinajstić information content (AvgIpc) is 2.93. The Morgan fingerprint density at radius 1 is 1.25 bits per heavy atom. The Morgan fingerprint density at radius 2 is 1.94 bits per heavy atom. The molecule has 4 rings (SSSR count). The number of carboxylic acids is 1. The first-order valence-electron chi connectivity index (χ1n) is 9.83. The first kappa shape index (κ1) is 22.4. The summed E-state index contributed by atoms with van der Waals surface area (Å²) in [5, 5.41) is 20.5. The van der Waals surface area contributed by atoms with Crippen LogP contribution in [0.3, 0.4) is 0 Å². The molecule has 0 aromatic heterocycles. The summed E-state index contributed by atoms with van der Waals surface area (Å²) in [5.74, 6) is -2.59. The summed E-state index contributed by atoms with van der Waals surface area (Å²) >= 11 is 1.04. The van der Waals surface area contributed by atoms with Crippen LogP contribution >= 0.6 is 11.9 Å². The number of nitro groups is 1. The van der Waals surface area contributed by atoms with E-state index in [1.165, 1.54) is 12.1 Å². The van der Waals surface area contributed by atoms with E-state index in [9.17, 15) is 29.0 Å². The number of nitrogens with zero attached hydrogens (tertiary/aromatic N) is 2. The zero-order chi connectivity index (χ0) is 23.2. The van der Waals surface area contributed by atoms with Gasteiger partial charge in [-0.1, -0.05) is 42.5 Å². The van der Waals surface area contributed by atoms with E-state index >= 15 is 0 Å². The summed E-state index contributed by atoms with van der Waals surface area (Å²) in [7, 11) is -1.66. The highest BCUT2D eigenvalue weighted by atomic mass is 32.2. The van der Waals surface area contributed by atoms with Crippen LogP contribution < -0.4 is 4.72 Å². The highest BCUT2D eigenvalue weighted by Gasteiger charge is 2.68. The number of carbonyl (C=O) groups excluding carboxylic acids is 1. The Hall–Kier alpha value is -2.76. The minimum Gasteiger partial charge on any atom is -0.480 e. The number of hydrogen-bond acceptors (Lipinski definition) is 7. The lowest BCUT2D eigenvalue weighted by molar-refractivity contribution is -0.387. The summed E-state index contributed by atoms with van der Waals surface area (Å²) in [6.07, 6.45) is 0. The molecule has 9 nitrogen and oxygen atoms in total. The molecule has 2 fully saturated rings. The van der Waals surface area contributed by atoms with E-state index in [1.807, 2.05) is 30.3 Å². The van der Waals surface area contributed by atoms with Crippen molar-refractivity contribution in [1.29, 1.82) is 0 Å². The van der Waals surface area contributed by atoms with Crippen molar-refractivity contribution < 1.29 is 23.8 Å². The second kappa shape index (κ2) is 8.30. The van der Waals surface area contributed by atoms with Crippen molar-refractivity contribution in [3.63, 3.8) is 0 Å². The van der Waals surface area contributed by atoms with Gasteiger partial charge in [0.05, 0.1) is 26.4 Å². The Labute approximate surface area is 190 Å². The molecule has 2 saturated heterocycles. The minimum absolute atomic E-state index is 0.169. The number of aliphatic carboxylic acids is 1. The quantitative estimate of drug-likeness (QED) is 0.271. The lowest BCUT2D eigenvalue weighted by atomic mass is 9.86. The summed E-state index contributed by atoms with van der Waals surface area (Å²) in [4.78, 5) is 37.4. The van der Waals surface area contributed by atoms with Gasteiger partial charge in [0, 0.05) is 12.6 Å². The van der Waals surface area contributed by atoms with Gasteiger partial charge in [-0.15, -0.1) is 0 Å². The second-order valence-electron chi connectivity index (χ2n) is 8.12. The summed E-state index contributed by atoms with van der Waals surface area (Å²) in [6.45, 7) is 3.56. The van der Waals surface area contributed by atoms with Crippen LogP contribution in [0.15, 0.2) is 53.4 Å². The Bertz CT molecular complexity index is 1120. The van der Waals surface area contributed by atoms with Crippen LogP contribution in [0.2, 0.25) is 0 Å². The van der Waals surface area contributed by atoms with Crippen molar-refractivity contribution in [1.82, 2.24) is 9.62 Å². The smallest absolute Gasteiger partial charge is 0.327 e. The van der Waals surface area contributed by atoms with Gasteiger partial charge in [-0.2, -0.15) is 0 Å². The van der Waals surface area contributed by atoms with Crippen LogP contribution in [0.1, 0.15) is 30.9 Å². The molecule has 168 valence electrons. The molecule has 0 spiro atoms. The predicted octanol–water partition coefficient (Wildman–Crippen LogP) is 2.64. The molecule has 2 aromatic rings. The largest absolute Gasteiger partial charge is 0.480 e. The van der Waals surface area contributed by atoms with Gasteiger partial charge in [-0.3, -0.25) is 23.8 Å². The summed E-state index contributed by atoms with van der Waals surface area (Å²) < 4.78 is 15.1. The van der Waals surface area contributed by atoms with Crippen LogP contribution in [0.5, 0.6) is 0 Å². The number of β-lactam (4-membered cyclic amide) rings is 1. The van der Waals surface area contributed by atoms with Gasteiger partial charge in [0.25, 0.3) is 5.69 Å². The van der Waals surface area contributed by atoms with Crippen LogP contribution in [0.4, 0.5) is 5.69 Å². The summed E-state index contributed by atoms with van der Waals surface area (Å²) in [6, 6.07) is 12.7. The van der Waals surface area contributed by atoms with Gasteiger partial charge in [0.1, 0.15) is 16.3 Å². The number of amides is 1. The second-order valence-corrected chi connectivity index (χ2v) is 11.1. The number of fused-ring (bicyclic) bond motifs is 1. The SMILES string of the molecule is CC1(C)C(C(=O)O)N2C(=O)C(c3cccc([N+](=O)[O-])c3SNCc3ccccc3)[C@@H]2S1=O. The van der Waals surface area contributed by atoms with Crippen molar-refractivity contribution in [3.05, 3.63) is 69.8 Å². The molecule has 0 aliphatic carbocycles. The molecule has 2 aromatic carbocycles. The van der Waals surface area contributed by atoms with Crippen molar-refractivity contribution >= 4 is 40.3 Å². The number of carbonyl (C=O) groups is 2. The fraction of sp³-hybridized carbons (Fsp3) is 0.333. The van der Waals surface area contributed by atoms with E-state index < -0.39 is 49.7 Å². The molecule has 3 unspecified atom stereocenters. The van der Waals surface area contributed by atoms with Crippen molar-refractivity contribution in [2.75, 3.05) is 0 Å². The van der Waals surface area contributed by atoms with Crippen molar-refractivity contribution in [3.8, 4) is 0 Å². The zero-order valence-corrected chi connectivity index (χ0v) is 18.9. The first-order valence-corrected chi connectivity index (χ1v) is 11.9. The van der Waals surface area contributed by atoms with Gasteiger partial charge >= 0.3 is 5.97 Å².